The van der Waals surface area contributed by atoms with E-state index in [1.807, 2.05) is 4.90 Å². The predicted octanol–water partition coefficient (Wildman–Crippen LogP) is 2.68. The first-order valence-corrected chi connectivity index (χ1v) is 6.73. The molecule has 1 saturated heterocycles. The van der Waals surface area contributed by atoms with Crippen LogP contribution in [0, 0.1) is 0 Å². The number of carbonyl (C=O) groups is 1. The number of amides is 1. The van der Waals surface area contributed by atoms with Crippen molar-refractivity contribution in [3.63, 3.8) is 0 Å². The molecule has 1 atom stereocenters. The van der Waals surface area contributed by atoms with E-state index >= 15 is 0 Å². The molecule has 0 bridgehead atoms. The zero-order valence-corrected chi connectivity index (χ0v) is 11.5. The van der Waals surface area contributed by atoms with Crippen LogP contribution in [0.25, 0.3) is 0 Å². The molecule has 0 spiro atoms. The molecule has 0 aliphatic carbocycles. The van der Waals surface area contributed by atoms with Crippen LogP contribution in [0.4, 0.5) is 0 Å². The molecule has 1 amide bonds. The van der Waals surface area contributed by atoms with Crippen LogP contribution >= 0.6 is 11.6 Å². The maximum Gasteiger partial charge on any atom is 0.223 e. The first kappa shape index (κ1) is 13.9. The molecule has 5 heteroatoms. The zero-order chi connectivity index (χ0) is 13.7. The van der Waals surface area contributed by atoms with Crippen molar-refractivity contribution in [2.75, 3.05) is 13.1 Å². The van der Waals surface area contributed by atoms with E-state index in [0.29, 0.717) is 23.7 Å². The number of ether oxygens (including phenoxy) is 1. The number of carbonyl (C=O) groups excluding carboxylic acids is 1. The van der Waals surface area contributed by atoms with Crippen LogP contribution in [0.2, 0.25) is 5.02 Å². The summed E-state index contributed by atoms with van der Waals surface area (Å²) in [7, 11) is 0. The summed E-state index contributed by atoms with van der Waals surface area (Å²) in [6.07, 6.45) is 7.04. The number of halogens is 1. The minimum atomic E-state index is 0.00702. The van der Waals surface area contributed by atoms with Gasteiger partial charge >= 0.3 is 0 Å². The summed E-state index contributed by atoms with van der Waals surface area (Å²) in [5.41, 5.74) is 0. The van der Waals surface area contributed by atoms with E-state index in [9.17, 15) is 4.79 Å². The monoisotopic (exact) mass is 280 g/mol. The van der Waals surface area contributed by atoms with Crippen molar-refractivity contribution < 1.29 is 9.53 Å². The van der Waals surface area contributed by atoms with Gasteiger partial charge in [-0.15, -0.1) is 6.58 Å². The predicted molar refractivity (Wildman–Crippen MR) is 74.3 cm³/mol. The number of hydrogen-bond donors (Lipinski definition) is 0. The number of likely N-dealkylation sites (tertiary alicyclic amines) is 1. The molecule has 0 saturated carbocycles. The summed E-state index contributed by atoms with van der Waals surface area (Å²) in [6.45, 7) is 4.98. The van der Waals surface area contributed by atoms with E-state index in [-0.39, 0.29) is 12.0 Å². The standard InChI is InChI=1S/C14H17ClN2O2/c1-2-3-4-14(18)17-8-6-11(10-17)19-13-5-7-16-9-12(13)15/h2,5,7,9,11H,1,3-4,6,8,10H2. The molecule has 1 aromatic rings. The Hall–Kier alpha value is -1.55. The fourth-order valence-corrected chi connectivity index (χ4v) is 2.24. The Labute approximate surface area is 118 Å². The lowest BCUT2D eigenvalue weighted by Crippen LogP contribution is -2.30. The molecule has 19 heavy (non-hydrogen) atoms. The molecular weight excluding hydrogens is 264 g/mol. The maximum absolute atomic E-state index is 11.9. The van der Waals surface area contributed by atoms with E-state index in [4.69, 9.17) is 16.3 Å². The lowest BCUT2D eigenvalue weighted by molar-refractivity contribution is -0.130. The van der Waals surface area contributed by atoms with E-state index in [1.165, 1.54) is 0 Å². The molecule has 102 valence electrons. The van der Waals surface area contributed by atoms with E-state index in [0.717, 1.165) is 19.4 Å². The quantitative estimate of drug-likeness (QED) is 0.779. The second-order valence-corrected chi connectivity index (χ2v) is 4.91. The average molecular weight is 281 g/mol. The average Bonchev–Trinajstić information content (AvgIpc) is 2.87. The fourth-order valence-electron chi connectivity index (χ4n) is 2.07. The van der Waals surface area contributed by atoms with Gasteiger partial charge in [0.05, 0.1) is 6.54 Å². The third-order valence-electron chi connectivity index (χ3n) is 3.09. The molecule has 0 N–H and O–H groups in total. The van der Waals surface area contributed by atoms with Gasteiger partial charge in [0, 0.05) is 37.8 Å². The second kappa shape index (κ2) is 6.57. The number of pyridine rings is 1. The highest BCUT2D eigenvalue weighted by molar-refractivity contribution is 6.31. The molecular formula is C14H17ClN2O2. The highest BCUT2D eigenvalue weighted by atomic mass is 35.5. The van der Waals surface area contributed by atoms with Crippen LogP contribution in [0.3, 0.4) is 0 Å². The number of rotatable bonds is 5. The Morgan fingerprint density at radius 1 is 1.68 bits per heavy atom. The van der Waals surface area contributed by atoms with Gasteiger partial charge in [-0.05, 0) is 6.42 Å². The van der Waals surface area contributed by atoms with Crippen molar-refractivity contribution in [2.45, 2.75) is 25.4 Å². The molecule has 1 aliphatic rings. The minimum Gasteiger partial charge on any atom is -0.487 e. The van der Waals surface area contributed by atoms with Crippen molar-refractivity contribution in [2.24, 2.45) is 0 Å². The van der Waals surface area contributed by atoms with Gasteiger partial charge in [0.25, 0.3) is 0 Å². The lowest BCUT2D eigenvalue weighted by Gasteiger charge is -2.17. The highest BCUT2D eigenvalue weighted by Gasteiger charge is 2.27. The van der Waals surface area contributed by atoms with Crippen LogP contribution in [0.1, 0.15) is 19.3 Å². The van der Waals surface area contributed by atoms with E-state index in [1.54, 1.807) is 24.5 Å². The Morgan fingerprint density at radius 3 is 3.26 bits per heavy atom. The number of nitrogens with zero attached hydrogens (tertiary/aromatic N) is 2. The van der Waals surface area contributed by atoms with Crippen molar-refractivity contribution in [3.05, 3.63) is 36.1 Å². The lowest BCUT2D eigenvalue weighted by atomic mass is 10.3. The maximum atomic E-state index is 11.9. The third kappa shape index (κ3) is 3.70. The Bertz CT molecular complexity index is 465. The van der Waals surface area contributed by atoms with Crippen molar-refractivity contribution in [1.82, 2.24) is 9.88 Å². The van der Waals surface area contributed by atoms with Crippen LogP contribution in [-0.2, 0) is 4.79 Å². The summed E-state index contributed by atoms with van der Waals surface area (Å²) >= 11 is 5.99. The smallest absolute Gasteiger partial charge is 0.223 e. The van der Waals surface area contributed by atoms with Crippen LogP contribution in [0.15, 0.2) is 31.1 Å². The largest absolute Gasteiger partial charge is 0.487 e. The molecule has 2 heterocycles. The Kier molecular flexibility index (Phi) is 4.80. The summed E-state index contributed by atoms with van der Waals surface area (Å²) in [6, 6.07) is 1.74. The summed E-state index contributed by atoms with van der Waals surface area (Å²) in [5, 5.41) is 0.499. The summed E-state index contributed by atoms with van der Waals surface area (Å²) in [5.74, 6) is 0.786. The third-order valence-corrected chi connectivity index (χ3v) is 3.37. The molecule has 0 aromatic carbocycles. The van der Waals surface area contributed by atoms with Crippen molar-refractivity contribution in [1.29, 1.82) is 0 Å². The summed E-state index contributed by atoms with van der Waals surface area (Å²) < 4.78 is 5.80. The number of aromatic nitrogens is 1. The molecule has 1 aromatic heterocycles. The van der Waals surface area contributed by atoms with Gasteiger partial charge in [-0.3, -0.25) is 9.78 Å². The van der Waals surface area contributed by atoms with Gasteiger partial charge in [0.2, 0.25) is 5.91 Å². The normalized spacial score (nSPS) is 18.4. The highest BCUT2D eigenvalue weighted by Crippen LogP contribution is 2.25. The molecule has 0 radical (unpaired) electrons. The zero-order valence-electron chi connectivity index (χ0n) is 10.7. The molecule has 2 rings (SSSR count). The second-order valence-electron chi connectivity index (χ2n) is 4.50. The minimum absolute atomic E-state index is 0.00702. The van der Waals surface area contributed by atoms with Crippen LogP contribution < -0.4 is 4.74 Å². The van der Waals surface area contributed by atoms with Gasteiger partial charge in [0.1, 0.15) is 16.9 Å². The Balaban J connectivity index is 1.87. The molecule has 4 nitrogen and oxygen atoms in total. The van der Waals surface area contributed by atoms with Gasteiger partial charge in [-0.1, -0.05) is 17.7 Å². The van der Waals surface area contributed by atoms with Crippen LogP contribution in [-0.4, -0.2) is 35.0 Å². The van der Waals surface area contributed by atoms with E-state index < -0.39 is 0 Å². The van der Waals surface area contributed by atoms with Crippen LogP contribution in [0.5, 0.6) is 5.75 Å². The van der Waals surface area contributed by atoms with Crippen molar-refractivity contribution >= 4 is 17.5 Å². The SMILES string of the molecule is C=CCCC(=O)N1CCC(Oc2ccncc2Cl)C1. The molecule has 1 aliphatic heterocycles. The number of hydrogen-bond acceptors (Lipinski definition) is 3. The first-order valence-electron chi connectivity index (χ1n) is 6.35. The van der Waals surface area contributed by atoms with Crippen molar-refractivity contribution in [3.8, 4) is 5.75 Å². The summed E-state index contributed by atoms with van der Waals surface area (Å²) in [4.78, 5) is 17.6. The van der Waals surface area contributed by atoms with Gasteiger partial charge < -0.3 is 9.64 Å². The van der Waals surface area contributed by atoms with Gasteiger partial charge in [-0.2, -0.15) is 0 Å². The molecule has 1 fully saturated rings. The van der Waals surface area contributed by atoms with E-state index in [2.05, 4.69) is 11.6 Å². The van der Waals surface area contributed by atoms with Gasteiger partial charge in [-0.25, -0.2) is 0 Å². The first-order chi connectivity index (χ1) is 9.20. The topological polar surface area (TPSA) is 42.4 Å². The number of allylic oxidation sites excluding steroid dienone is 1. The molecule has 1 unspecified atom stereocenters. The fraction of sp³-hybridized carbons (Fsp3) is 0.429. The van der Waals surface area contributed by atoms with Gasteiger partial charge in [0.15, 0.2) is 0 Å². The Morgan fingerprint density at radius 2 is 2.53 bits per heavy atom.